The van der Waals surface area contributed by atoms with Gasteiger partial charge in [-0.15, -0.1) is 0 Å². The summed E-state index contributed by atoms with van der Waals surface area (Å²) >= 11 is 6.04. The van der Waals surface area contributed by atoms with Crippen LogP contribution < -0.4 is 11.5 Å². The lowest BCUT2D eigenvalue weighted by atomic mass is 10.0. The minimum atomic E-state index is -0.506. The van der Waals surface area contributed by atoms with Crippen LogP contribution in [-0.4, -0.2) is 15.7 Å². The number of hydrogen-bond donors (Lipinski definition) is 3. The number of rotatable bonds is 3. The molecule has 0 spiro atoms. The van der Waals surface area contributed by atoms with Gasteiger partial charge in [0.1, 0.15) is 5.76 Å². The summed E-state index contributed by atoms with van der Waals surface area (Å²) < 4.78 is 1.96. The first-order valence-corrected chi connectivity index (χ1v) is 5.94. The minimum Gasteiger partial charge on any atom is -0.511 e. The van der Waals surface area contributed by atoms with Crippen molar-refractivity contribution in [2.45, 2.75) is 12.5 Å². The summed E-state index contributed by atoms with van der Waals surface area (Å²) in [6.07, 6.45) is 2.41. The molecule has 2 aromatic rings. The van der Waals surface area contributed by atoms with Crippen LogP contribution in [-0.2, 0) is 13.5 Å². The van der Waals surface area contributed by atoms with Crippen molar-refractivity contribution in [2.75, 3.05) is 5.73 Å². The fourth-order valence-electron chi connectivity index (χ4n) is 2.09. The molecule has 1 aromatic carbocycles. The highest BCUT2D eigenvalue weighted by atomic mass is 35.5. The highest BCUT2D eigenvalue weighted by Gasteiger charge is 2.15. The van der Waals surface area contributed by atoms with Gasteiger partial charge in [-0.25, -0.2) is 0 Å². The van der Waals surface area contributed by atoms with Gasteiger partial charge >= 0.3 is 0 Å². The minimum absolute atomic E-state index is 0.0346. The van der Waals surface area contributed by atoms with Crippen molar-refractivity contribution < 1.29 is 5.11 Å². The summed E-state index contributed by atoms with van der Waals surface area (Å²) in [5, 5.41) is 10.7. The third kappa shape index (κ3) is 2.05. The Labute approximate surface area is 110 Å². The van der Waals surface area contributed by atoms with Crippen LogP contribution in [0.2, 0.25) is 5.02 Å². The molecule has 5 heteroatoms. The number of aromatic nitrogens is 1. The summed E-state index contributed by atoms with van der Waals surface area (Å²) in [5.41, 5.74) is 14.3. The number of nitrogens with two attached hydrogens (primary N) is 2. The van der Waals surface area contributed by atoms with Gasteiger partial charge in [-0.2, -0.15) is 0 Å². The van der Waals surface area contributed by atoms with Gasteiger partial charge in [-0.05, 0) is 24.1 Å². The molecule has 1 atom stereocenters. The topological polar surface area (TPSA) is 77.2 Å². The molecule has 0 saturated carbocycles. The second-order valence-electron chi connectivity index (χ2n) is 4.42. The summed E-state index contributed by atoms with van der Waals surface area (Å²) in [6.45, 7) is 3.44. The molecule has 0 radical (unpaired) electrons. The number of hydrogen-bond acceptors (Lipinski definition) is 3. The maximum atomic E-state index is 9.30. The monoisotopic (exact) mass is 265 g/mol. The van der Waals surface area contributed by atoms with Crippen LogP contribution in [0.15, 0.2) is 30.7 Å². The quantitative estimate of drug-likeness (QED) is 0.589. The number of fused-ring (bicyclic) bond motifs is 1. The van der Waals surface area contributed by atoms with E-state index in [0.29, 0.717) is 17.1 Å². The fourth-order valence-corrected chi connectivity index (χ4v) is 2.25. The molecule has 1 unspecified atom stereocenters. The third-order valence-electron chi connectivity index (χ3n) is 3.09. The standard InChI is InChI=1S/C13H16ClN3O/c1-7(18)10(15)5-8-6-17(2)11-4-3-9(14)13(16)12(8)11/h3-4,6,10,18H,1,5,15-16H2,2H3. The van der Waals surface area contributed by atoms with Crippen LogP contribution in [0, 0.1) is 0 Å². The number of aryl methyl sites for hydroxylation is 1. The molecule has 0 saturated heterocycles. The lowest BCUT2D eigenvalue weighted by molar-refractivity contribution is 0.369. The van der Waals surface area contributed by atoms with Crippen LogP contribution >= 0.6 is 11.6 Å². The lowest BCUT2D eigenvalue weighted by Gasteiger charge is -2.09. The zero-order valence-electron chi connectivity index (χ0n) is 10.2. The summed E-state index contributed by atoms with van der Waals surface area (Å²) in [6, 6.07) is 3.18. The predicted molar refractivity (Wildman–Crippen MR) is 75.8 cm³/mol. The largest absolute Gasteiger partial charge is 0.511 e. The van der Waals surface area contributed by atoms with Gasteiger partial charge in [-0.3, -0.25) is 0 Å². The first-order chi connectivity index (χ1) is 8.41. The van der Waals surface area contributed by atoms with Crippen molar-refractivity contribution in [1.29, 1.82) is 0 Å². The van der Waals surface area contributed by atoms with Crippen molar-refractivity contribution in [3.8, 4) is 0 Å². The number of nitrogen functional groups attached to an aromatic ring is 1. The Morgan fingerprint density at radius 3 is 2.83 bits per heavy atom. The Hall–Kier alpha value is -1.65. The van der Waals surface area contributed by atoms with Crippen LogP contribution in [0.1, 0.15) is 5.56 Å². The van der Waals surface area contributed by atoms with Crippen LogP contribution in [0.3, 0.4) is 0 Å². The van der Waals surface area contributed by atoms with Gasteiger partial charge < -0.3 is 21.1 Å². The Bertz CT molecular complexity index is 618. The molecule has 2 rings (SSSR count). The van der Waals surface area contributed by atoms with Crippen molar-refractivity contribution in [3.63, 3.8) is 0 Å². The first kappa shape index (κ1) is 12.8. The average Bonchev–Trinajstić information content (AvgIpc) is 2.61. The number of benzene rings is 1. The van der Waals surface area contributed by atoms with Gasteiger partial charge in [-0.1, -0.05) is 18.2 Å². The molecule has 0 aliphatic heterocycles. The maximum Gasteiger partial charge on any atom is 0.102 e. The Balaban J connectivity index is 2.58. The molecular formula is C13H16ClN3O. The molecule has 1 heterocycles. The Morgan fingerprint density at radius 1 is 1.56 bits per heavy atom. The normalized spacial score (nSPS) is 12.8. The first-order valence-electron chi connectivity index (χ1n) is 5.57. The molecule has 0 aliphatic carbocycles. The van der Waals surface area contributed by atoms with E-state index in [-0.39, 0.29) is 5.76 Å². The molecule has 18 heavy (non-hydrogen) atoms. The zero-order chi connectivity index (χ0) is 13.4. The van der Waals surface area contributed by atoms with E-state index >= 15 is 0 Å². The van der Waals surface area contributed by atoms with Crippen molar-refractivity contribution >= 4 is 28.2 Å². The van der Waals surface area contributed by atoms with Crippen molar-refractivity contribution in [3.05, 3.63) is 41.3 Å². The SMILES string of the molecule is C=C(O)C(N)Cc1cn(C)c2ccc(Cl)c(N)c12. The van der Waals surface area contributed by atoms with Crippen molar-refractivity contribution in [1.82, 2.24) is 4.57 Å². The van der Waals surface area contributed by atoms with E-state index in [1.807, 2.05) is 23.9 Å². The summed E-state index contributed by atoms with van der Waals surface area (Å²) in [7, 11) is 1.93. The highest BCUT2D eigenvalue weighted by molar-refractivity contribution is 6.34. The molecule has 4 nitrogen and oxygen atoms in total. The third-order valence-corrected chi connectivity index (χ3v) is 3.42. The smallest absolute Gasteiger partial charge is 0.102 e. The molecule has 0 amide bonds. The van der Waals surface area contributed by atoms with Gasteiger partial charge in [0.05, 0.1) is 22.3 Å². The Morgan fingerprint density at radius 2 is 2.22 bits per heavy atom. The van der Waals surface area contributed by atoms with Crippen LogP contribution in [0.25, 0.3) is 10.9 Å². The number of aliphatic hydroxyl groups excluding tert-OH is 1. The Kier molecular flexibility index (Phi) is 3.24. The molecule has 5 N–H and O–H groups in total. The molecule has 0 bridgehead atoms. The number of anilines is 1. The van der Waals surface area contributed by atoms with E-state index < -0.39 is 6.04 Å². The summed E-state index contributed by atoms with van der Waals surface area (Å²) in [4.78, 5) is 0. The van der Waals surface area contributed by atoms with E-state index in [0.717, 1.165) is 16.5 Å². The van der Waals surface area contributed by atoms with E-state index in [9.17, 15) is 5.11 Å². The summed E-state index contributed by atoms with van der Waals surface area (Å²) in [5.74, 6) is -0.0346. The van der Waals surface area contributed by atoms with Gasteiger partial charge in [0.25, 0.3) is 0 Å². The van der Waals surface area contributed by atoms with E-state index in [1.54, 1.807) is 6.07 Å². The number of nitrogens with zero attached hydrogens (tertiary/aromatic N) is 1. The molecule has 0 aliphatic rings. The predicted octanol–water partition coefficient (Wildman–Crippen LogP) is 2.36. The fraction of sp³-hybridized carbons (Fsp3) is 0.231. The number of aliphatic hydroxyl groups is 1. The average molecular weight is 266 g/mol. The molecular weight excluding hydrogens is 250 g/mol. The molecule has 96 valence electrons. The maximum absolute atomic E-state index is 9.30. The van der Waals surface area contributed by atoms with E-state index in [4.69, 9.17) is 23.1 Å². The second kappa shape index (κ2) is 4.55. The van der Waals surface area contributed by atoms with Gasteiger partial charge in [0.2, 0.25) is 0 Å². The van der Waals surface area contributed by atoms with Crippen molar-refractivity contribution in [2.24, 2.45) is 12.8 Å². The van der Waals surface area contributed by atoms with Gasteiger partial charge in [0, 0.05) is 18.6 Å². The zero-order valence-corrected chi connectivity index (χ0v) is 10.9. The second-order valence-corrected chi connectivity index (χ2v) is 4.83. The molecule has 0 fully saturated rings. The highest BCUT2D eigenvalue weighted by Crippen LogP contribution is 2.32. The lowest BCUT2D eigenvalue weighted by Crippen LogP contribution is -2.24. The van der Waals surface area contributed by atoms with Crippen LogP contribution in [0.5, 0.6) is 0 Å². The van der Waals surface area contributed by atoms with Crippen LogP contribution in [0.4, 0.5) is 5.69 Å². The van der Waals surface area contributed by atoms with E-state index in [2.05, 4.69) is 6.58 Å². The van der Waals surface area contributed by atoms with E-state index in [1.165, 1.54) is 0 Å². The van der Waals surface area contributed by atoms with Gasteiger partial charge in [0.15, 0.2) is 0 Å². The number of halogens is 1. The molecule has 1 aromatic heterocycles.